The van der Waals surface area contributed by atoms with Crippen molar-refractivity contribution in [3.63, 3.8) is 0 Å². The molecule has 0 radical (unpaired) electrons. The first kappa shape index (κ1) is 18.4. The zero-order valence-corrected chi connectivity index (χ0v) is 16.6. The molecule has 0 aliphatic heterocycles. The maximum Gasteiger partial charge on any atom is 0.291 e. The minimum absolute atomic E-state index is 0.152. The molecule has 1 atom stereocenters. The number of aryl methyl sites for hydroxylation is 1. The van der Waals surface area contributed by atoms with Gasteiger partial charge in [-0.2, -0.15) is 0 Å². The molecular weight excluding hydrogens is 416 g/mol. The third-order valence-electron chi connectivity index (χ3n) is 3.83. The molecule has 5 nitrogen and oxygen atoms in total. The van der Waals surface area contributed by atoms with Crippen molar-refractivity contribution in [1.82, 2.24) is 5.32 Å². The second kappa shape index (κ2) is 7.88. The molecule has 2 aromatic heterocycles. The molecule has 3 aromatic rings. The largest absolute Gasteiger partial charge is 0.459 e. The van der Waals surface area contributed by atoms with Crippen LogP contribution in [0.15, 0.2) is 57.6 Å². The van der Waals surface area contributed by atoms with E-state index in [1.54, 1.807) is 18.2 Å². The van der Waals surface area contributed by atoms with Gasteiger partial charge in [0.1, 0.15) is 0 Å². The van der Waals surface area contributed by atoms with E-state index in [-0.39, 0.29) is 23.6 Å². The number of rotatable bonds is 5. The highest BCUT2D eigenvalue weighted by molar-refractivity contribution is 9.10. The number of halogens is 1. The van der Waals surface area contributed by atoms with Crippen LogP contribution in [0, 0.1) is 6.92 Å². The van der Waals surface area contributed by atoms with E-state index in [2.05, 4.69) is 26.6 Å². The van der Waals surface area contributed by atoms with Gasteiger partial charge in [-0.05, 0) is 49.2 Å². The molecular formula is C19H17BrN2O3S. The summed E-state index contributed by atoms with van der Waals surface area (Å²) in [7, 11) is 0. The molecule has 1 aromatic carbocycles. The lowest BCUT2D eigenvalue weighted by molar-refractivity contribution is 0.0942. The Hall–Kier alpha value is -2.38. The van der Waals surface area contributed by atoms with E-state index < -0.39 is 0 Å². The van der Waals surface area contributed by atoms with Gasteiger partial charge in [-0.3, -0.25) is 9.59 Å². The molecule has 2 amide bonds. The highest BCUT2D eigenvalue weighted by Crippen LogP contribution is 2.29. The minimum atomic E-state index is -0.343. The number of carbonyl (C=O) groups excluding carboxylic acids is 2. The lowest BCUT2D eigenvalue weighted by Gasteiger charge is -2.15. The van der Waals surface area contributed by atoms with Crippen LogP contribution in [0.4, 0.5) is 5.00 Å². The molecule has 0 bridgehead atoms. The average molecular weight is 433 g/mol. The van der Waals surface area contributed by atoms with Crippen molar-refractivity contribution in [2.24, 2.45) is 0 Å². The van der Waals surface area contributed by atoms with Crippen LogP contribution in [0.1, 0.15) is 44.3 Å². The first-order valence-electron chi connectivity index (χ1n) is 7.96. The molecule has 1 unspecified atom stereocenters. The monoisotopic (exact) mass is 432 g/mol. The summed E-state index contributed by atoms with van der Waals surface area (Å²) in [5.41, 5.74) is 1.81. The van der Waals surface area contributed by atoms with Crippen molar-refractivity contribution in [2.75, 3.05) is 5.32 Å². The molecule has 26 heavy (non-hydrogen) atoms. The number of carbonyl (C=O) groups is 2. The molecule has 0 saturated heterocycles. The van der Waals surface area contributed by atoms with Crippen LogP contribution in [0.2, 0.25) is 0 Å². The molecule has 0 aliphatic rings. The smallest absolute Gasteiger partial charge is 0.291 e. The van der Waals surface area contributed by atoms with Crippen LogP contribution in [0.5, 0.6) is 0 Å². The van der Waals surface area contributed by atoms with E-state index in [9.17, 15) is 9.59 Å². The number of furan rings is 1. The lowest BCUT2D eigenvalue weighted by Crippen LogP contribution is -2.26. The zero-order valence-electron chi connectivity index (χ0n) is 14.2. The third kappa shape index (κ3) is 4.05. The summed E-state index contributed by atoms with van der Waals surface area (Å²) >= 11 is 4.74. The molecule has 2 heterocycles. The number of anilines is 1. The van der Waals surface area contributed by atoms with Crippen molar-refractivity contribution in [3.8, 4) is 0 Å². The maximum absolute atomic E-state index is 12.6. The van der Waals surface area contributed by atoms with Crippen molar-refractivity contribution in [2.45, 2.75) is 19.9 Å². The fourth-order valence-corrected chi connectivity index (χ4v) is 4.12. The Morgan fingerprint density at radius 3 is 2.62 bits per heavy atom. The second-order valence-corrected chi connectivity index (χ2v) is 7.68. The van der Waals surface area contributed by atoms with Crippen LogP contribution in [0.25, 0.3) is 0 Å². The summed E-state index contributed by atoms with van der Waals surface area (Å²) in [6, 6.07) is 12.6. The zero-order chi connectivity index (χ0) is 18.7. The maximum atomic E-state index is 12.6. The Morgan fingerprint density at radius 1 is 1.15 bits per heavy atom. The Bertz CT molecular complexity index is 934. The van der Waals surface area contributed by atoms with Crippen molar-refractivity contribution >= 4 is 44.1 Å². The Labute approximate surface area is 163 Å². The van der Waals surface area contributed by atoms with Gasteiger partial charge in [-0.15, -0.1) is 11.3 Å². The van der Waals surface area contributed by atoms with E-state index >= 15 is 0 Å². The van der Waals surface area contributed by atoms with Gasteiger partial charge in [0.15, 0.2) is 5.76 Å². The van der Waals surface area contributed by atoms with Crippen LogP contribution in [-0.2, 0) is 0 Å². The molecule has 0 fully saturated rings. The molecule has 7 heteroatoms. The highest BCUT2D eigenvalue weighted by Gasteiger charge is 2.19. The topological polar surface area (TPSA) is 71.3 Å². The number of hydrogen-bond acceptors (Lipinski definition) is 4. The molecule has 134 valence electrons. The Kier molecular flexibility index (Phi) is 5.58. The summed E-state index contributed by atoms with van der Waals surface area (Å²) < 4.78 is 6.02. The molecule has 3 rings (SSSR count). The molecule has 0 saturated carbocycles. The van der Waals surface area contributed by atoms with E-state index in [0.29, 0.717) is 9.88 Å². The summed E-state index contributed by atoms with van der Waals surface area (Å²) in [4.78, 5) is 25.3. The van der Waals surface area contributed by atoms with Gasteiger partial charge < -0.3 is 15.1 Å². The summed E-state index contributed by atoms with van der Waals surface area (Å²) in [5, 5.41) is 6.35. The fourth-order valence-electron chi connectivity index (χ4n) is 2.52. The fraction of sp³-hybridized carbons (Fsp3) is 0.158. The summed E-state index contributed by atoms with van der Waals surface area (Å²) in [6.07, 6.45) is 1.44. The van der Waals surface area contributed by atoms with Gasteiger partial charge in [0, 0.05) is 4.47 Å². The van der Waals surface area contributed by atoms with Gasteiger partial charge in [0.05, 0.1) is 22.2 Å². The van der Waals surface area contributed by atoms with Gasteiger partial charge >= 0.3 is 0 Å². The normalized spacial score (nSPS) is 11.8. The number of hydrogen-bond donors (Lipinski definition) is 2. The first-order valence-corrected chi connectivity index (χ1v) is 9.57. The van der Waals surface area contributed by atoms with E-state index in [0.717, 1.165) is 15.6 Å². The number of nitrogens with one attached hydrogen (secondary N) is 2. The Morgan fingerprint density at radius 2 is 1.92 bits per heavy atom. The van der Waals surface area contributed by atoms with Gasteiger partial charge in [-0.25, -0.2) is 0 Å². The second-order valence-electron chi connectivity index (χ2n) is 5.77. The lowest BCUT2D eigenvalue weighted by atomic mass is 10.1. The van der Waals surface area contributed by atoms with Gasteiger partial charge in [0.25, 0.3) is 11.8 Å². The predicted octanol–water partition coefficient (Wildman–Crippen LogP) is 5.16. The SMILES string of the molecule is Cc1cc(NC(=O)c2ccco2)sc1C(=O)NC(C)c1ccccc1Br. The quantitative estimate of drug-likeness (QED) is 0.584. The van der Waals surface area contributed by atoms with Crippen molar-refractivity contribution in [1.29, 1.82) is 0 Å². The van der Waals surface area contributed by atoms with E-state index in [4.69, 9.17) is 4.42 Å². The summed E-state index contributed by atoms with van der Waals surface area (Å²) in [5.74, 6) is -0.288. The third-order valence-corrected chi connectivity index (χ3v) is 5.70. The van der Waals surface area contributed by atoms with Crippen molar-refractivity contribution in [3.05, 3.63) is 75.0 Å². The molecule has 2 N–H and O–H groups in total. The number of thiophene rings is 1. The van der Waals surface area contributed by atoms with Crippen LogP contribution < -0.4 is 10.6 Å². The molecule has 0 spiro atoms. The van der Waals surface area contributed by atoms with Crippen molar-refractivity contribution < 1.29 is 14.0 Å². The highest BCUT2D eigenvalue weighted by atomic mass is 79.9. The number of benzene rings is 1. The standard InChI is InChI=1S/C19H17BrN2O3S/c1-11-10-16(22-18(23)15-8-5-9-25-15)26-17(11)19(24)21-12(2)13-6-3-4-7-14(13)20/h3-10,12H,1-2H3,(H,21,24)(H,22,23). The summed E-state index contributed by atoms with van der Waals surface area (Å²) in [6.45, 7) is 3.78. The first-order chi connectivity index (χ1) is 12.5. The number of amides is 2. The van der Waals surface area contributed by atoms with Crippen LogP contribution >= 0.6 is 27.3 Å². The predicted molar refractivity (Wildman–Crippen MR) is 106 cm³/mol. The minimum Gasteiger partial charge on any atom is -0.459 e. The van der Waals surface area contributed by atoms with E-state index in [1.165, 1.54) is 17.6 Å². The Balaban J connectivity index is 1.71. The van der Waals surface area contributed by atoms with Gasteiger partial charge in [0.2, 0.25) is 0 Å². The van der Waals surface area contributed by atoms with E-state index in [1.807, 2.05) is 38.1 Å². The average Bonchev–Trinajstić information content (AvgIpc) is 3.25. The van der Waals surface area contributed by atoms with Crippen LogP contribution in [0.3, 0.4) is 0 Å². The van der Waals surface area contributed by atoms with Crippen LogP contribution in [-0.4, -0.2) is 11.8 Å². The molecule has 0 aliphatic carbocycles. The van der Waals surface area contributed by atoms with Gasteiger partial charge in [-0.1, -0.05) is 34.1 Å².